The molecule has 1 rings (SSSR count). The summed E-state index contributed by atoms with van der Waals surface area (Å²) in [7, 11) is 0. The van der Waals surface area contributed by atoms with Crippen LogP contribution >= 0.6 is 0 Å². The van der Waals surface area contributed by atoms with Gasteiger partial charge in [-0.3, -0.25) is 4.98 Å². The van der Waals surface area contributed by atoms with Crippen LogP contribution in [0.25, 0.3) is 0 Å². The van der Waals surface area contributed by atoms with Crippen molar-refractivity contribution < 1.29 is 4.48 Å². The first kappa shape index (κ1) is 5.56. The van der Waals surface area contributed by atoms with Gasteiger partial charge in [-0.15, -0.1) is 4.79 Å². The van der Waals surface area contributed by atoms with Crippen LogP contribution in [0.1, 0.15) is 5.69 Å². The van der Waals surface area contributed by atoms with Crippen molar-refractivity contribution >= 4 is 0 Å². The van der Waals surface area contributed by atoms with Gasteiger partial charge >= 0.3 is 5.69 Å². The molecule has 1 aromatic rings. The van der Waals surface area contributed by atoms with E-state index < -0.39 is 5.69 Å². The number of rotatable bonds is 0. The second kappa shape index (κ2) is 1.74. The van der Waals surface area contributed by atoms with Crippen LogP contribution < -0.4 is 5.69 Å². The van der Waals surface area contributed by atoms with E-state index in [1.807, 2.05) is 4.98 Å². The molecule has 0 aliphatic heterocycles. The van der Waals surface area contributed by atoms with E-state index in [1.165, 1.54) is 0 Å². The van der Waals surface area contributed by atoms with Crippen LogP contribution in [0.5, 0.6) is 0 Å². The summed E-state index contributed by atoms with van der Waals surface area (Å²) in [6.07, 6.45) is 0.780. The van der Waals surface area contributed by atoms with Crippen LogP contribution in [0.3, 0.4) is 0 Å². The third-order valence-corrected chi connectivity index (χ3v) is 0.799. The predicted molar refractivity (Wildman–Crippen MR) is 26.3 cm³/mol. The number of aromatic amines is 1. The molecule has 0 bridgehead atoms. The Morgan fingerprint density at radius 2 is 2.56 bits per heavy atom. The molecule has 0 aliphatic carbocycles. The Morgan fingerprint density at radius 3 is 2.78 bits per heavy atom. The first-order valence-electron chi connectivity index (χ1n) is 2.12. The fourth-order valence-electron chi connectivity index (χ4n) is 0.430. The lowest BCUT2D eigenvalue weighted by molar-refractivity contribution is 0.354. The molecule has 0 aromatic carbocycles. The van der Waals surface area contributed by atoms with Gasteiger partial charge in [0, 0.05) is 0 Å². The molecule has 1 aromatic heterocycles. The van der Waals surface area contributed by atoms with Gasteiger partial charge in [-0.05, 0) is 0 Å². The Bertz CT molecular complexity index is 304. The second-order valence-corrected chi connectivity index (χ2v) is 1.40. The van der Waals surface area contributed by atoms with Crippen molar-refractivity contribution in [3.05, 3.63) is 22.4 Å². The minimum absolute atomic E-state index is 0.0810. The summed E-state index contributed by atoms with van der Waals surface area (Å²) < 4.78 is 11.9. The molecule has 1 heterocycles. The average molecular weight is 127 g/mol. The topological polar surface area (TPSA) is 61.6 Å². The highest BCUT2D eigenvalue weighted by atomic mass is 19.2. The fourth-order valence-corrected chi connectivity index (χ4v) is 0.430. The fraction of sp³-hybridized carbons (Fsp3) is 0. The molecule has 0 saturated heterocycles. The van der Waals surface area contributed by atoms with Crippen molar-refractivity contribution in [1.29, 1.82) is 5.26 Å². The van der Waals surface area contributed by atoms with E-state index in [9.17, 15) is 9.28 Å². The highest BCUT2D eigenvalue weighted by Crippen LogP contribution is 1.85. The van der Waals surface area contributed by atoms with E-state index in [0.717, 1.165) is 6.20 Å². The van der Waals surface area contributed by atoms with Gasteiger partial charge < -0.3 is 0 Å². The summed E-state index contributed by atoms with van der Waals surface area (Å²) in [6, 6.07) is 1.57. The number of imidazole rings is 1. The van der Waals surface area contributed by atoms with Gasteiger partial charge in [0.2, 0.25) is 0 Å². The van der Waals surface area contributed by atoms with Gasteiger partial charge in [-0.2, -0.15) is 5.26 Å². The number of aromatic nitrogens is 2. The van der Waals surface area contributed by atoms with Crippen molar-refractivity contribution in [1.82, 2.24) is 9.77 Å². The van der Waals surface area contributed by atoms with Crippen LogP contribution in [0.2, 0.25) is 0 Å². The Balaban J connectivity index is 3.33. The minimum Gasteiger partial charge on any atom is -0.295 e. The number of H-pyrrole nitrogens is 1. The summed E-state index contributed by atoms with van der Waals surface area (Å²) in [4.78, 5) is 12.0. The molecule has 0 aliphatic rings. The van der Waals surface area contributed by atoms with Gasteiger partial charge in [0.05, 0.1) is 6.20 Å². The molecule has 0 spiro atoms. The molecule has 5 heteroatoms. The highest BCUT2D eigenvalue weighted by molar-refractivity contribution is 5.14. The van der Waals surface area contributed by atoms with E-state index in [4.69, 9.17) is 5.26 Å². The van der Waals surface area contributed by atoms with Crippen molar-refractivity contribution in [2.75, 3.05) is 0 Å². The largest absolute Gasteiger partial charge is 0.354 e. The molecule has 0 amide bonds. The number of nitrogens with zero attached hydrogens (tertiary/aromatic N) is 2. The normalized spacial score (nSPS) is 8.89. The van der Waals surface area contributed by atoms with Crippen LogP contribution in [0.4, 0.5) is 4.48 Å². The number of hydrogen-bond acceptors (Lipinski definition) is 2. The van der Waals surface area contributed by atoms with Crippen LogP contribution in [0, 0.1) is 11.3 Å². The lowest BCUT2D eigenvalue weighted by Gasteiger charge is -1.69. The zero-order valence-corrected chi connectivity index (χ0v) is 4.26. The molecule has 0 atom stereocenters. The molecule has 0 saturated carbocycles. The van der Waals surface area contributed by atoms with Crippen molar-refractivity contribution in [3.63, 3.8) is 0 Å². The van der Waals surface area contributed by atoms with Crippen LogP contribution in [0.15, 0.2) is 11.0 Å². The number of nitrogens with one attached hydrogen (secondary N) is 1. The van der Waals surface area contributed by atoms with Gasteiger partial charge in [0.25, 0.3) is 0 Å². The molecule has 0 fully saturated rings. The average Bonchev–Trinajstić information content (AvgIpc) is 2.13. The van der Waals surface area contributed by atoms with E-state index in [1.54, 1.807) is 6.07 Å². The SMILES string of the molecule is N#Cc1cn(F)c(=O)[nH]1. The lowest BCUT2D eigenvalue weighted by atomic mass is 10.6. The van der Waals surface area contributed by atoms with E-state index >= 15 is 0 Å². The molecule has 4 nitrogen and oxygen atoms in total. The Morgan fingerprint density at radius 1 is 1.89 bits per heavy atom. The highest BCUT2D eigenvalue weighted by Gasteiger charge is 1.97. The van der Waals surface area contributed by atoms with Crippen LogP contribution in [-0.4, -0.2) is 9.77 Å². The Hall–Kier alpha value is -1.57. The molecule has 1 N–H and O–H groups in total. The van der Waals surface area contributed by atoms with E-state index in [0.29, 0.717) is 0 Å². The molecule has 9 heavy (non-hydrogen) atoms. The molecular weight excluding hydrogens is 125 g/mol. The van der Waals surface area contributed by atoms with Gasteiger partial charge in [0.15, 0.2) is 0 Å². The van der Waals surface area contributed by atoms with E-state index in [-0.39, 0.29) is 10.5 Å². The summed E-state index contributed by atoms with van der Waals surface area (Å²) in [6.45, 7) is 0. The Kier molecular flexibility index (Phi) is 1.08. The number of hydrogen-bond donors (Lipinski definition) is 1. The summed E-state index contributed by atoms with van der Waals surface area (Å²) in [5.74, 6) is 0. The maximum absolute atomic E-state index is 11.9. The first-order chi connectivity index (χ1) is 4.24. The maximum atomic E-state index is 11.9. The molecule has 0 unspecified atom stereocenters. The monoisotopic (exact) mass is 127 g/mol. The molecular formula is C4H2FN3O. The minimum atomic E-state index is -0.924. The van der Waals surface area contributed by atoms with Gasteiger partial charge in [-0.1, -0.05) is 4.48 Å². The standard InChI is InChI=1S/C4H2FN3O/c5-8-2-3(1-6)7-4(8)9/h2H,(H,7,9). The van der Waals surface area contributed by atoms with Crippen molar-refractivity contribution in [2.24, 2.45) is 0 Å². The number of nitriles is 1. The third kappa shape index (κ3) is 0.817. The summed E-state index contributed by atoms with van der Waals surface area (Å²) >= 11 is 0. The lowest BCUT2D eigenvalue weighted by Crippen LogP contribution is -2.08. The van der Waals surface area contributed by atoms with Crippen molar-refractivity contribution in [2.45, 2.75) is 0 Å². The number of halogens is 1. The smallest absolute Gasteiger partial charge is 0.295 e. The zero-order valence-electron chi connectivity index (χ0n) is 4.26. The summed E-state index contributed by atoms with van der Waals surface area (Å²) in [5, 5.41) is 8.08. The predicted octanol–water partition coefficient (Wildman–Crippen LogP) is -0.219. The maximum Gasteiger partial charge on any atom is 0.354 e. The third-order valence-electron chi connectivity index (χ3n) is 0.799. The quantitative estimate of drug-likeness (QED) is 0.523. The summed E-state index contributed by atoms with van der Waals surface area (Å²) in [5.41, 5.74) is -1.01. The second-order valence-electron chi connectivity index (χ2n) is 1.40. The van der Waals surface area contributed by atoms with Gasteiger partial charge in [-0.25, -0.2) is 4.79 Å². The molecule has 0 radical (unpaired) electrons. The zero-order chi connectivity index (χ0) is 6.85. The first-order valence-corrected chi connectivity index (χ1v) is 2.12. The molecule has 46 valence electrons. The van der Waals surface area contributed by atoms with Crippen LogP contribution in [-0.2, 0) is 0 Å². The van der Waals surface area contributed by atoms with Crippen molar-refractivity contribution in [3.8, 4) is 6.07 Å². The Labute approximate surface area is 49.1 Å². The van der Waals surface area contributed by atoms with E-state index in [2.05, 4.69) is 0 Å². The van der Waals surface area contributed by atoms with Gasteiger partial charge in [0.1, 0.15) is 11.8 Å².